The standard InChI is InChI=1S/C18H15N3O3/c22-18(20-10-8-13-3-1-2-4-16(13)20)12-19-9-7-14-5-6-15(21(23)24)11-17(14)19/h1-7,9,11H,8,10,12H2. The molecule has 0 radical (unpaired) electrons. The van der Waals surface area contributed by atoms with Crippen LogP contribution in [0.25, 0.3) is 10.9 Å². The molecule has 1 aromatic heterocycles. The molecule has 0 saturated heterocycles. The second-order valence-electron chi connectivity index (χ2n) is 5.87. The maximum Gasteiger partial charge on any atom is 0.271 e. The monoisotopic (exact) mass is 321 g/mol. The van der Waals surface area contributed by atoms with Gasteiger partial charge in [-0.15, -0.1) is 0 Å². The molecule has 0 saturated carbocycles. The maximum absolute atomic E-state index is 12.7. The smallest absolute Gasteiger partial charge is 0.271 e. The number of rotatable bonds is 3. The van der Waals surface area contributed by atoms with E-state index in [9.17, 15) is 14.9 Å². The van der Waals surface area contributed by atoms with Crippen molar-refractivity contribution in [3.63, 3.8) is 0 Å². The Morgan fingerprint density at radius 1 is 1.17 bits per heavy atom. The first kappa shape index (κ1) is 14.4. The highest BCUT2D eigenvalue weighted by atomic mass is 16.6. The fraction of sp³-hybridized carbons (Fsp3) is 0.167. The third kappa shape index (κ3) is 2.32. The Kier molecular flexibility index (Phi) is 3.30. The number of carbonyl (C=O) groups excluding carboxylic acids is 1. The van der Waals surface area contributed by atoms with Crippen molar-refractivity contribution in [2.24, 2.45) is 0 Å². The summed E-state index contributed by atoms with van der Waals surface area (Å²) in [4.78, 5) is 25.0. The number of aromatic nitrogens is 1. The topological polar surface area (TPSA) is 68.4 Å². The number of fused-ring (bicyclic) bond motifs is 2. The van der Waals surface area contributed by atoms with Gasteiger partial charge in [0.25, 0.3) is 5.69 Å². The number of nitro benzene ring substituents is 1. The van der Waals surface area contributed by atoms with E-state index in [1.165, 1.54) is 17.7 Å². The van der Waals surface area contributed by atoms with Crippen molar-refractivity contribution in [3.8, 4) is 0 Å². The fourth-order valence-corrected chi connectivity index (χ4v) is 3.25. The molecule has 0 unspecified atom stereocenters. The van der Waals surface area contributed by atoms with Gasteiger partial charge in [0.15, 0.2) is 0 Å². The molecule has 0 fully saturated rings. The Labute approximate surface area is 138 Å². The minimum Gasteiger partial charge on any atom is -0.338 e. The van der Waals surface area contributed by atoms with Crippen LogP contribution in [-0.4, -0.2) is 21.9 Å². The minimum atomic E-state index is -0.421. The van der Waals surface area contributed by atoms with Crippen LogP contribution in [0.3, 0.4) is 0 Å². The van der Waals surface area contributed by atoms with Crippen LogP contribution in [0.5, 0.6) is 0 Å². The molecule has 0 N–H and O–H groups in total. The van der Waals surface area contributed by atoms with Gasteiger partial charge in [-0.05, 0) is 30.2 Å². The summed E-state index contributed by atoms with van der Waals surface area (Å²) >= 11 is 0. The van der Waals surface area contributed by atoms with E-state index >= 15 is 0 Å². The summed E-state index contributed by atoms with van der Waals surface area (Å²) in [6, 6.07) is 14.5. The highest BCUT2D eigenvalue weighted by molar-refractivity contribution is 5.96. The molecule has 0 atom stereocenters. The number of amides is 1. The van der Waals surface area contributed by atoms with Crippen molar-refractivity contribution in [1.82, 2.24) is 4.57 Å². The molecule has 0 bridgehead atoms. The normalized spacial score (nSPS) is 13.2. The van der Waals surface area contributed by atoms with Gasteiger partial charge < -0.3 is 9.47 Å². The largest absolute Gasteiger partial charge is 0.338 e. The van der Waals surface area contributed by atoms with Gasteiger partial charge in [-0.25, -0.2) is 0 Å². The predicted octanol–water partition coefficient (Wildman–Crippen LogP) is 3.14. The third-order valence-corrected chi connectivity index (χ3v) is 4.46. The molecule has 0 aliphatic carbocycles. The van der Waals surface area contributed by atoms with Crippen molar-refractivity contribution < 1.29 is 9.72 Å². The summed E-state index contributed by atoms with van der Waals surface area (Å²) in [5.74, 6) is -0.0102. The van der Waals surface area contributed by atoms with E-state index in [2.05, 4.69) is 0 Å². The van der Waals surface area contributed by atoms with E-state index in [1.807, 2.05) is 30.3 Å². The number of anilines is 1. The molecule has 6 nitrogen and oxygen atoms in total. The molecule has 1 aliphatic rings. The Hall–Kier alpha value is -3.15. The van der Waals surface area contributed by atoms with Crippen LogP contribution in [0, 0.1) is 10.1 Å². The Balaban J connectivity index is 1.64. The second kappa shape index (κ2) is 5.49. The molecule has 1 amide bonds. The molecule has 2 heterocycles. The van der Waals surface area contributed by atoms with Crippen LogP contribution >= 0.6 is 0 Å². The number of hydrogen-bond donors (Lipinski definition) is 0. The molecule has 4 rings (SSSR count). The Morgan fingerprint density at radius 3 is 2.83 bits per heavy atom. The summed E-state index contributed by atoms with van der Waals surface area (Å²) < 4.78 is 1.77. The molecule has 120 valence electrons. The molecule has 0 spiro atoms. The van der Waals surface area contributed by atoms with E-state index in [0.717, 1.165) is 17.5 Å². The lowest BCUT2D eigenvalue weighted by Gasteiger charge is -2.18. The number of carbonyl (C=O) groups is 1. The number of para-hydroxylation sites is 1. The zero-order chi connectivity index (χ0) is 16.7. The van der Waals surface area contributed by atoms with E-state index in [-0.39, 0.29) is 18.1 Å². The van der Waals surface area contributed by atoms with Crippen molar-refractivity contribution in [2.75, 3.05) is 11.4 Å². The maximum atomic E-state index is 12.7. The lowest BCUT2D eigenvalue weighted by atomic mass is 10.2. The van der Waals surface area contributed by atoms with Crippen molar-refractivity contribution in [3.05, 3.63) is 70.4 Å². The second-order valence-corrected chi connectivity index (χ2v) is 5.87. The van der Waals surface area contributed by atoms with Gasteiger partial charge in [0.2, 0.25) is 5.91 Å². The van der Waals surface area contributed by atoms with Gasteiger partial charge >= 0.3 is 0 Å². The van der Waals surface area contributed by atoms with Gasteiger partial charge in [-0.2, -0.15) is 0 Å². The van der Waals surface area contributed by atoms with Crippen molar-refractivity contribution in [1.29, 1.82) is 0 Å². The number of hydrogen-bond acceptors (Lipinski definition) is 3. The number of benzene rings is 2. The van der Waals surface area contributed by atoms with Crippen LogP contribution in [-0.2, 0) is 17.8 Å². The fourth-order valence-electron chi connectivity index (χ4n) is 3.25. The van der Waals surface area contributed by atoms with Crippen LogP contribution in [0.4, 0.5) is 11.4 Å². The van der Waals surface area contributed by atoms with Gasteiger partial charge in [0, 0.05) is 35.9 Å². The Bertz CT molecular complexity index is 961. The lowest BCUT2D eigenvalue weighted by molar-refractivity contribution is -0.384. The van der Waals surface area contributed by atoms with Gasteiger partial charge in [0.05, 0.1) is 10.4 Å². The predicted molar refractivity (Wildman–Crippen MR) is 91.1 cm³/mol. The SMILES string of the molecule is O=C(Cn1ccc2ccc([N+](=O)[O-])cc21)N1CCc2ccccc21. The van der Waals surface area contributed by atoms with Gasteiger partial charge in [0.1, 0.15) is 6.54 Å². The van der Waals surface area contributed by atoms with E-state index in [1.54, 1.807) is 21.7 Å². The molecular weight excluding hydrogens is 306 g/mol. The van der Waals surface area contributed by atoms with Crippen molar-refractivity contribution >= 4 is 28.2 Å². The molecule has 6 heteroatoms. The molecular formula is C18H15N3O3. The average Bonchev–Trinajstić information content (AvgIpc) is 3.18. The van der Waals surface area contributed by atoms with Crippen LogP contribution in [0.1, 0.15) is 5.56 Å². The Morgan fingerprint density at radius 2 is 2.00 bits per heavy atom. The highest BCUT2D eigenvalue weighted by Crippen LogP contribution is 2.28. The number of non-ortho nitro benzene ring substituents is 1. The lowest BCUT2D eigenvalue weighted by Crippen LogP contribution is -2.32. The first-order valence-corrected chi connectivity index (χ1v) is 7.75. The first-order chi connectivity index (χ1) is 11.6. The summed E-state index contributed by atoms with van der Waals surface area (Å²) in [6.45, 7) is 0.844. The zero-order valence-electron chi connectivity index (χ0n) is 12.9. The molecule has 3 aromatic rings. The quantitative estimate of drug-likeness (QED) is 0.550. The summed E-state index contributed by atoms with van der Waals surface area (Å²) in [5.41, 5.74) is 2.87. The molecule has 2 aromatic carbocycles. The first-order valence-electron chi connectivity index (χ1n) is 7.75. The van der Waals surface area contributed by atoms with Gasteiger partial charge in [-0.1, -0.05) is 18.2 Å². The summed E-state index contributed by atoms with van der Waals surface area (Å²) in [5, 5.41) is 11.9. The van der Waals surface area contributed by atoms with Crippen LogP contribution < -0.4 is 4.90 Å². The molecule has 24 heavy (non-hydrogen) atoms. The average molecular weight is 321 g/mol. The van der Waals surface area contributed by atoms with Crippen LogP contribution in [0.2, 0.25) is 0 Å². The number of nitro groups is 1. The van der Waals surface area contributed by atoms with Gasteiger partial charge in [-0.3, -0.25) is 14.9 Å². The zero-order valence-corrected chi connectivity index (χ0v) is 12.9. The summed E-state index contributed by atoms with van der Waals surface area (Å²) in [6.07, 6.45) is 2.66. The van der Waals surface area contributed by atoms with E-state index < -0.39 is 4.92 Å². The van der Waals surface area contributed by atoms with Crippen molar-refractivity contribution in [2.45, 2.75) is 13.0 Å². The van der Waals surface area contributed by atoms with E-state index in [0.29, 0.717) is 12.1 Å². The molecule has 1 aliphatic heterocycles. The summed E-state index contributed by atoms with van der Waals surface area (Å²) in [7, 11) is 0. The third-order valence-electron chi connectivity index (χ3n) is 4.46. The highest BCUT2D eigenvalue weighted by Gasteiger charge is 2.24. The van der Waals surface area contributed by atoms with E-state index in [4.69, 9.17) is 0 Å². The minimum absolute atomic E-state index is 0.0102. The number of nitrogens with zero attached hydrogens (tertiary/aromatic N) is 3. The van der Waals surface area contributed by atoms with Crippen LogP contribution in [0.15, 0.2) is 54.7 Å².